The van der Waals surface area contributed by atoms with E-state index in [0.717, 1.165) is 24.5 Å². The lowest BCUT2D eigenvalue weighted by atomic mass is 9.96. The van der Waals surface area contributed by atoms with Crippen LogP contribution in [0.5, 0.6) is 0 Å². The number of fused-ring (bicyclic) bond motifs is 5. The summed E-state index contributed by atoms with van der Waals surface area (Å²) in [6.07, 6.45) is 1.28. The highest BCUT2D eigenvalue weighted by Crippen LogP contribution is 2.47. The van der Waals surface area contributed by atoms with Crippen LogP contribution in [0, 0.1) is 0 Å². The zero-order valence-corrected chi connectivity index (χ0v) is 9.03. The van der Waals surface area contributed by atoms with E-state index in [1.807, 2.05) is 0 Å². The van der Waals surface area contributed by atoms with Gasteiger partial charge in [-0.05, 0) is 48.6 Å². The van der Waals surface area contributed by atoms with Gasteiger partial charge in [0, 0.05) is 13.1 Å². The van der Waals surface area contributed by atoms with Crippen LogP contribution in [0.3, 0.4) is 0 Å². The summed E-state index contributed by atoms with van der Waals surface area (Å²) in [4.78, 5) is 2.41. The Hall–Kier alpha value is -1.22. The molecule has 80 valence electrons. The van der Waals surface area contributed by atoms with Gasteiger partial charge >= 0.3 is 0 Å². The van der Waals surface area contributed by atoms with Gasteiger partial charge in [0.15, 0.2) is 0 Å². The topological polar surface area (TPSA) is 55.3 Å². The largest absolute Gasteiger partial charge is 0.397 e. The van der Waals surface area contributed by atoms with Crippen molar-refractivity contribution < 1.29 is 0 Å². The van der Waals surface area contributed by atoms with Crippen LogP contribution < -0.4 is 11.5 Å². The third-order valence-corrected chi connectivity index (χ3v) is 3.80. The van der Waals surface area contributed by atoms with Crippen LogP contribution in [-0.2, 0) is 0 Å². The Morgan fingerprint density at radius 1 is 1.07 bits per heavy atom. The Balaban J connectivity index is 2.12. The maximum Gasteiger partial charge on any atom is 0.0550 e. The quantitative estimate of drug-likeness (QED) is 0.626. The fraction of sp³-hybridized carbons (Fsp3) is 0.500. The van der Waals surface area contributed by atoms with E-state index in [4.69, 9.17) is 11.5 Å². The van der Waals surface area contributed by atoms with Crippen molar-refractivity contribution in [2.45, 2.75) is 18.3 Å². The second-order valence-electron chi connectivity index (χ2n) is 4.96. The van der Waals surface area contributed by atoms with Crippen molar-refractivity contribution in [2.75, 3.05) is 31.6 Å². The molecule has 1 aromatic rings. The molecular weight excluding hydrogens is 186 g/mol. The number of anilines is 2. The lowest BCUT2D eigenvalue weighted by Crippen LogP contribution is -2.31. The van der Waals surface area contributed by atoms with Gasteiger partial charge < -0.3 is 16.4 Å². The first-order chi connectivity index (χ1) is 7.15. The van der Waals surface area contributed by atoms with E-state index in [2.05, 4.69) is 24.1 Å². The molecular formula is C12H17N3. The normalized spacial score (nSPS) is 29.1. The maximum absolute atomic E-state index is 5.87. The number of likely N-dealkylation sites (N-methyl/N-ethyl adjacent to an activating group) is 1. The number of rotatable bonds is 0. The van der Waals surface area contributed by atoms with Gasteiger partial charge in [-0.1, -0.05) is 0 Å². The van der Waals surface area contributed by atoms with Crippen molar-refractivity contribution in [2.24, 2.45) is 0 Å². The zero-order valence-electron chi connectivity index (χ0n) is 9.03. The zero-order chi connectivity index (χ0) is 10.6. The minimum Gasteiger partial charge on any atom is -0.397 e. The third kappa shape index (κ3) is 1.23. The predicted octanol–water partition coefficient (Wildman–Crippen LogP) is 1.37. The summed E-state index contributed by atoms with van der Waals surface area (Å²) < 4.78 is 0. The molecule has 2 atom stereocenters. The molecule has 0 spiro atoms. The van der Waals surface area contributed by atoms with E-state index >= 15 is 0 Å². The molecule has 1 saturated heterocycles. The number of hydrogen-bond acceptors (Lipinski definition) is 3. The molecule has 1 fully saturated rings. The summed E-state index contributed by atoms with van der Waals surface area (Å²) in [6, 6.07) is 4.18. The molecule has 15 heavy (non-hydrogen) atoms. The molecule has 2 bridgehead atoms. The summed E-state index contributed by atoms with van der Waals surface area (Å²) in [7, 11) is 2.19. The molecule has 0 saturated carbocycles. The van der Waals surface area contributed by atoms with E-state index in [1.165, 1.54) is 17.5 Å². The SMILES string of the molecule is CN1CC2C[C@H](C1)c1cc(N)c(N)cc12. The Morgan fingerprint density at radius 2 is 1.53 bits per heavy atom. The molecule has 0 radical (unpaired) electrons. The minimum atomic E-state index is 0.673. The van der Waals surface area contributed by atoms with Crippen molar-refractivity contribution >= 4 is 11.4 Å². The second kappa shape index (κ2) is 2.89. The highest BCUT2D eigenvalue weighted by molar-refractivity contribution is 5.68. The Bertz CT molecular complexity index is 377. The maximum atomic E-state index is 5.87. The van der Waals surface area contributed by atoms with Gasteiger partial charge in [0.25, 0.3) is 0 Å². The van der Waals surface area contributed by atoms with Crippen molar-refractivity contribution in [3.63, 3.8) is 0 Å². The van der Waals surface area contributed by atoms with Gasteiger partial charge in [-0.3, -0.25) is 0 Å². The fourth-order valence-corrected chi connectivity index (χ4v) is 3.15. The molecule has 0 aromatic heterocycles. The van der Waals surface area contributed by atoms with E-state index < -0.39 is 0 Å². The smallest absolute Gasteiger partial charge is 0.0550 e. The Kier molecular flexibility index (Phi) is 1.74. The molecule has 1 unspecified atom stereocenters. The van der Waals surface area contributed by atoms with Crippen molar-refractivity contribution in [3.8, 4) is 0 Å². The average Bonchev–Trinajstić information content (AvgIpc) is 2.41. The summed E-state index contributed by atoms with van der Waals surface area (Å²) >= 11 is 0. The van der Waals surface area contributed by atoms with Gasteiger partial charge in [-0.2, -0.15) is 0 Å². The molecule has 1 aliphatic carbocycles. The number of nitrogens with zero attached hydrogens (tertiary/aromatic N) is 1. The van der Waals surface area contributed by atoms with Crippen LogP contribution in [0.2, 0.25) is 0 Å². The lowest BCUT2D eigenvalue weighted by molar-refractivity contribution is 0.245. The van der Waals surface area contributed by atoms with Gasteiger partial charge in [0.2, 0.25) is 0 Å². The molecule has 2 aliphatic rings. The first kappa shape index (κ1) is 9.04. The van der Waals surface area contributed by atoms with Crippen LogP contribution in [0.25, 0.3) is 0 Å². The number of hydrogen-bond donors (Lipinski definition) is 2. The summed E-state index contributed by atoms with van der Waals surface area (Å²) in [5.74, 6) is 1.35. The standard InChI is InChI=1S/C12H17N3/c1-15-5-7-2-8(6-15)10-4-12(14)11(13)3-9(7)10/h3-4,7-8H,2,5-6,13-14H2,1H3/t7-,8?/m1/s1. The first-order valence-electron chi connectivity index (χ1n) is 5.52. The molecule has 1 aliphatic heterocycles. The van der Waals surface area contributed by atoms with E-state index in [1.54, 1.807) is 0 Å². The van der Waals surface area contributed by atoms with E-state index in [-0.39, 0.29) is 0 Å². The first-order valence-corrected chi connectivity index (χ1v) is 5.52. The van der Waals surface area contributed by atoms with Crippen LogP contribution in [0.15, 0.2) is 12.1 Å². The lowest BCUT2D eigenvalue weighted by Gasteiger charge is -2.28. The van der Waals surface area contributed by atoms with Gasteiger partial charge in [0.05, 0.1) is 11.4 Å². The Labute approximate surface area is 90.0 Å². The van der Waals surface area contributed by atoms with Crippen molar-refractivity contribution in [1.82, 2.24) is 4.90 Å². The van der Waals surface area contributed by atoms with Crippen molar-refractivity contribution in [3.05, 3.63) is 23.3 Å². The molecule has 3 heteroatoms. The van der Waals surface area contributed by atoms with Crippen LogP contribution in [0.1, 0.15) is 29.4 Å². The van der Waals surface area contributed by atoms with Crippen LogP contribution in [-0.4, -0.2) is 25.0 Å². The Morgan fingerprint density at radius 3 is 2.00 bits per heavy atom. The molecule has 1 aromatic carbocycles. The molecule has 4 N–H and O–H groups in total. The minimum absolute atomic E-state index is 0.673. The average molecular weight is 203 g/mol. The number of piperidine rings is 1. The number of nitrogens with two attached hydrogens (primary N) is 2. The fourth-order valence-electron chi connectivity index (χ4n) is 3.15. The predicted molar refractivity (Wildman–Crippen MR) is 62.9 cm³/mol. The second-order valence-corrected chi connectivity index (χ2v) is 4.96. The molecule has 3 nitrogen and oxygen atoms in total. The molecule has 1 heterocycles. The van der Waals surface area contributed by atoms with Gasteiger partial charge in [0.1, 0.15) is 0 Å². The number of likely N-dealkylation sites (tertiary alicyclic amines) is 1. The molecule has 3 rings (SSSR count). The van der Waals surface area contributed by atoms with Crippen molar-refractivity contribution in [1.29, 1.82) is 0 Å². The highest BCUT2D eigenvalue weighted by atomic mass is 15.1. The molecule has 0 amide bonds. The van der Waals surface area contributed by atoms with Crippen LogP contribution in [0.4, 0.5) is 11.4 Å². The van der Waals surface area contributed by atoms with Gasteiger partial charge in [-0.15, -0.1) is 0 Å². The van der Waals surface area contributed by atoms with E-state index in [0.29, 0.717) is 11.8 Å². The van der Waals surface area contributed by atoms with Crippen LogP contribution >= 0.6 is 0 Å². The number of nitrogen functional groups attached to an aromatic ring is 2. The summed E-state index contributed by atoms with van der Waals surface area (Å²) in [5, 5.41) is 0. The third-order valence-electron chi connectivity index (χ3n) is 3.80. The van der Waals surface area contributed by atoms with Gasteiger partial charge in [-0.25, -0.2) is 0 Å². The van der Waals surface area contributed by atoms with E-state index in [9.17, 15) is 0 Å². The summed E-state index contributed by atoms with van der Waals surface area (Å²) in [5.41, 5.74) is 16.1. The summed E-state index contributed by atoms with van der Waals surface area (Å²) in [6.45, 7) is 2.32. The highest BCUT2D eigenvalue weighted by Gasteiger charge is 2.36. The number of benzene rings is 1. The monoisotopic (exact) mass is 203 g/mol.